The second-order valence-electron chi connectivity index (χ2n) is 28.5. The van der Waals surface area contributed by atoms with Gasteiger partial charge in [-0.25, -0.2) is 0 Å². The van der Waals surface area contributed by atoms with Gasteiger partial charge in [-0.1, -0.05) is 0 Å². The van der Waals surface area contributed by atoms with Gasteiger partial charge in [0.15, 0.2) is 0 Å². The van der Waals surface area contributed by atoms with Gasteiger partial charge in [-0.3, -0.25) is 42.5 Å². The van der Waals surface area contributed by atoms with Crippen LogP contribution < -0.4 is 42.5 Å². The summed E-state index contributed by atoms with van der Waals surface area (Å²) in [4.78, 5) is 0. The van der Waals surface area contributed by atoms with Gasteiger partial charge in [0.1, 0.15) is 0 Å². The Balaban J connectivity index is 1.08. The molecule has 5 aliphatic heterocycles. The van der Waals surface area contributed by atoms with Crippen LogP contribution in [0.4, 0.5) is 0 Å². The Morgan fingerprint density at radius 1 is 0.154 bits per heavy atom. The van der Waals surface area contributed by atoms with Crippen molar-refractivity contribution >= 4 is 0 Å². The number of rotatable bonds is 56. The minimum Gasteiger partial charge on any atom is -0.382 e. The molecule has 32 heteroatoms. The van der Waals surface area contributed by atoms with Crippen molar-refractivity contribution in [3.8, 4) is 0 Å². The zero-order valence-corrected chi connectivity index (χ0v) is 63.9. The fourth-order valence-electron chi connectivity index (χ4n) is 17.2. The van der Waals surface area contributed by atoms with Gasteiger partial charge in [0.05, 0.1) is 310 Å². The Bertz CT molecular complexity index is 1760. The van der Waals surface area contributed by atoms with Crippen molar-refractivity contribution in [1.29, 1.82) is 0 Å². The topological polar surface area (TPSA) is 318 Å². The van der Waals surface area contributed by atoms with Gasteiger partial charge in [-0.05, 0) is 98.7 Å². The molecule has 0 amide bonds. The zero-order chi connectivity index (χ0) is 72.8. The number of fused-ring (bicyclic) bond motifs is 20. The normalized spacial score (nSPS) is 35.3. The fourth-order valence-corrected chi connectivity index (χ4v) is 17.2. The van der Waals surface area contributed by atoms with Crippen LogP contribution in [0.3, 0.4) is 0 Å². The smallest absolute Gasteiger partial charge is 0.0841 e. The highest BCUT2D eigenvalue weighted by molar-refractivity contribution is 5.12. The lowest BCUT2D eigenvalue weighted by molar-refractivity contribution is -0.135. The maximum atomic E-state index is 6.92. The van der Waals surface area contributed by atoms with Crippen molar-refractivity contribution in [1.82, 2.24) is 42.5 Å². The van der Waals surface area contributed by atoms with Crippen molar-refractivity contribution in [3.63, 3.8) is 0 Å². The molecule has 16 unspecified atom stereocenters. The second kappa shape index (κ2) is 50.7. The zero-order valence-electron chi connectivity index (χ0n) is 63.9. The second-order valence-corrected chi connectivity index (χ2v) is 28.5. The summed E-state index contributed by atoms with van der Waals surface area (Å²) in [5.74, 6) is 0.832. The summed E-state index contributed by atoms with van der Waals surface area (Å²) in [7, 11) is 13.5. The Morgan fingerprint density at radius 2 is 0.260 bits per heavy atom. The molecule has 9 rings (SSSR count). The average Bonchev–Trinajstić information content (AvgIpc) is 1.59. The first-order valence-corrected chi connectivity index (χ1v) is 38.9. The number of ether oxygens (including phenoxy) is 24. The first-order chi connectivity index (χ1) is 51.3. The van der Waals surface area contributed by atoms with Crippen molar-refractivity contribution in [2.75, 3.05) is 268 Å². The van der Waals surface area contributed by atoms with Crippen LogP contribution in [-0.4, -0.2) is 366 Å². The van der Waals surface area contributed by atoms with Crippen LogP contribution in [0.1, 0.15) is 51.4 Å². The third-order valence-corrected chi connectivity index (χ3v) is 22.1. The van der Waals surface area contributed by atoms with Crippen LogP contribution >= 0.6 is 0 Å². The summed E-state index contributed by atoms with van der Waals surface area (Å²) in [6.45, 7) is 14.7. The van der Waals surface area contributed by atoms with Gasteiger partial charge in [0, 0.05) is 56.9 Å². The van der Waals surface area contributed by atoms with Crippen molar-refractivity contribution in [3.05, 3.63) is 0 Å². The summed E-state index contributed by atoms with van der Waals surface area (Å²) in [5, 5.41) is 34.5. The third-order valence-electron chi connectivity index (χ3n) is 22.1. The van der Waals surface area contributed by atoms with E-state index in [1.807, 2.05) is 0 Å². The molecule has 16 atom stereocenters. The largest absolute Gasteiger partial charge is 0.382 e. The molecule has 5 saturated heterocycles. The highest BCUT2D eigenvalue weighted by atomic mass is 16.6. The van der Waals surface area contributed by atoms with Gasteiger partial charge < -0.3 is 114 Å². The van der Waals surface area contributed by atoms with Crippen LogP contribution in [-0.2, 0) is 114 Å². The number of hydrogen-bond donors (Lipinski definition) is 8. The minimum absolute atomic E-state index is 0.104. The van der Waals surface area contributed by atoms with E-state index in [0.717, 1.165) is 51.4 Å². The molecule has 9 fully saturated rings. The van der Waals surface area contributed by atoms with E-state index in [9.17, 15) is 0 Å². The van der Waals surface area contributed by atoms with E-state index in [2.05, 4.69) is 42.5 Å². The Hall–Kier alpha value is -1.28. The predicted octanol–water partition coefficient (Wildman–Crippen LogP) is -0.130. The summed E-state index contributed by atoms with van der Waals surface area (Å²) >= 11 is 0. The molecule has 0 spiro atoms. The van der Waals surface area contributed by atoms with Gasteiger partial charge in [0.25, 0.3) is 0 Å². The van der Waals surface area contributed by atoms with E-state index >= 15 is 0 Å². The molecule has 608 valence electrons. The van der Waals surface area contributed by atoms with Crippen LogP contribution in [0.15, 0.2) is 0 Å². The van der Waals surface area contributed by atoms with Crippen LogP contribution in [0.2, 0.25) is 0 Å². The molecule has 8 N–H and O–H groups in total. The highest BCUT2D eigenvalue weighted by Crippen LogP contribution is 2.48. The summed E-state index contributed by atoms with van der Waals surface area (Å²) in [5.41, 5.74) is 0. The maximum Gasteiger partial charge on any atom is 0.0841 e. The Morgan fingerprint density at radius 3 is 0.365 bits per heavy atom. The number of methoxy groups -OCH3 is 8. The molecule has 0 aromatic rings. The molecule has 8 bridgehead atoms. The van der Waals surface area contributed by atoms with E-state index in [1.165, 1.54) is 0 Å². The lowest BCUT2D eigenvalue weighted by Crippen LogP contribution is -2.61. The highest BCUT2D eigenvalue weighted by Gasteiger charge is 2.59. The van der Waals surface area contributed by atoms with E-state index in [0.29, 0.717) is 211 Å². The molecule has 9 aliphatic rings. The molecule has 4 aliphatic carbocycles. The monoisotopic (exact) mass is 1500 g/mol. The van der Waals surface area contributed by atoms with Gasteiger partial charge in [-0.15, -0.1) is 0 Å². The summed E-state index contributed by atoms with van der Waals surface area (Å²) in [6.07, 6.45) is 2.72. The molecular formula is C72H136N8O24. The summed E-state index contributed by atoms with van der Waals surface area (Å²) in [6, 6.07) is 0. The average molecular weight is 1500 g/mol. The van der Waals surface area contributed by atoms with E-state index in [4.69, 9.17) is 114 Å². The standard InChI is InChI=1S/C72H136N8O24/c1-81-9-17-89-25-33-97-57-41-49-50(42-58(57)98-34-26-90-18-10-82-2)66-73-65(49)77-67-51-43-59(99-35-27-91-19-11-83-3)60(100-36-28-92-20-12-84-4)44-52(51)69(74-67)79-71-55-47-63(103-39-31-95-23-15-87-7)64(104-40-32-96-24-16-88-8)48-56(55)72(76-71)80-70-54-46-62(102-38-30-94-22-14-86-6)61(45-53(54)68(75-70)78-66)101-37-29-93-21-13-85-5/h49-80H,9-48H2,1-8H3. The maximum absolute atomic E-state index is 6.92. The minimum atomic E-state index is -0.228. The molecular weight excluding hydrogens is 1360 g/mol. The SMILES string of the molecule is COCCOCCOC1CC2C3NC(NC4NC(NC5NC(NC6NC(N3)C3CC(OCCOCCOC)C(OCCOCCOC)CC63)C3CC(OCCOCCOC)C(OCCOCCOC)CC53)C3CC(OCCOCCOC)C(OCCOCCOC)CC43)C2CC1OCCOCCOC. The number of nitrogens with one attached hydrogen (secondary N) is 8. The molecule has 32 nitrogen and oxygen atoms in total. The van der Waals surface area contributed by atoms with Crippen LogP contribution in [0.5, 0.6) is 0 Å². The van der Waals surface area contributed by atoms with E-state index in [1.54, 1.807) is 56.9 Å². The molecule has 0 aromatic heterocycles. The van der Waals surface area contributed by atoms with E-state index in [-0.39, 0.29) is 146 Å². The third kappa shape index (κ3) is 27.5. The van der Waals surface area contributed by atoms with Crippen molar-refractivity contribution in [2.45, 2.75) is 150 Å². The quantitative estimate of drug-likeness (QED) is 0.0368. The first-order valence-electron chi connectivity index (χ1n) is 38.9. The lowest BCUT2D eigenvalue weighted by atomic mass is 9.73. The van der Waals surface area contributed by atoms with Crippen LogP contribution in [0.25, 0.3) is 0 Å². The Kier molecular flexibility index (Phi) is 42.2. The molecule has 104 heavy (non-hydrogen) atoms. The van der Waals surface area contributed by atoms with Crippen LogP contribution in [0, 0.1) is 47.3 Å². The van der Waals surface area contributed by atoms with Gasteiger partial charge in [0.2, 0.25) is 0 Å². The number of hydrogen-bond acceptors (Lipinski definition) is 32. The summed E-state index contributed by atoms with van der Waals surface area (Å²) < 4.78 is 146. The van der Waals surface area contributed by atoms with Gasteiger partial charge in [-0.2, -0.15) is 0 Å². The molecule has 0 radical (unpaired) electrons. The predicted molar refractivity (Wildman–Crippen MR) is 380 cm³/mol. The molecule has 0 aromatic carbocycles. The van der Waals surface area contributed by atoms with E-state index < -0.39 is 0 Å². The lowest BCUT2D eigenvalue weighted by Gasteiger charge is -2.43. The Labute approximate surface area is 619 Å². The molecule has 4 saturated carbocycles. The van der Waals surface area contributed by atoms with Crippen molar-refractivity contribution in [2.24, 2.45) is 47.3 Å². The first kappa shape index (κ1) is 86.7. The van der Waals surface area contributed by atoms with Crippen molar-refractivity contribution < 1.29 is 114 Å². The van der Waals surface area contributed by atoms with Gasteiger partial charge >= 0.3 is 0 Å². The molecule has 5 heterocycles. The fraction of sp³-hybridized carbons (Fsp3) is 1.00.